The minimum absolute atomic E-state index is 0. The molecule has 4 rings (SSSR count). The zero-order chi connectivity index (χ0) is 22.8. The van der Waals surface area contributed by atoms with Gasteiger partial charge in [0.05, 0.1) is 22.8 Å². The van der Waals surface area contributed by atoms with E-state index < -0.39 is 0 Å². The predicted octanol–water partition coefficient (Wildman–Crippen LogP) is 4.70. The van der Waals surface area contributed by atoms with Crippen LogP contribution in [0.2, 0.25) is 5.02 Å². The van der Waals surface area contributed by atoms with E-state index in [0.717, 1.165) is 23.1 Å². The molecule has 7 nitrogen and oxygen atoms in total. The second-order valence-corrected chi connectivity index (χ2v) is 8.60. The topological polar surface area (TPSA) is 67.7 Å². The van der Waals surface area contributed by atoms with Gasteiger partial charge in [0.25, 0.3) is 5.91 Å². The van der Waals surface area contributed by atoms with E-state index in [9.17, 15) is 9.59 Å². The molecule has 3 aromatic rings. The Balaban J connectivity index is 0.00000306. The fourth-order valence-electron chi connectivity index (χ4n) is 3.99. The first-order chi connectivity index (χ1) is 15.4. The summed E-state index contributed by atoms with van der Waals surface area (Å²) in [6, 6.07) is 9.13. The average molecular weight is 489 g/mol. The Morgan fingerprint density at radius 3 is 2.67 bits per heavy atom. The van der Waals surface area contributed by atoms with Crippen LogP contribution in [0.4, 0.5) is 4.79 Å². The first kappa shape index (κ1) is 24.9. The van der Waals surface area contributed by atoms with E-state index in [1.807, 2.05) is 56.1 Å². The highest BCUT2D eigenvalue weighted by atomic mass is 35.5. The van der Waals surface area contributed by atoms with Crippen LogP contribution >= 0.6 is 25.1 Å². The molecule has 0 saturated carbocycles. The minimum Gasteiger partial charge on any atom is -0.449 e. The summed E-state index contributed by atoms with van der Waals surface area (Å²) in [5, 5.41) is 1.40. The van der Waals surface area contributed by atoms with Gasteiger partial charge in [-0.1, -0.05) is 24.6 Å². The summed E-state index contributed by atoms with van der Waals surface area (Å²) in [4.78, 5) is 33.6. The normalized spacial score (nSPS) is 15.9. The minimum atomic E-state index is -0.315. The standard InChI is InChI=1S/C24H27ClN4O3.H2S/c1-4-11-32-24(31)29-10-9-28(14-16(29)2)23(30)17-5-6-19-20(25)13-21(26-22(19)12-17)18-7-8-27(3)15-18;/h5-8,12-13,15-16H,4,9-11,14H2,1-3H3;1H2/t16-;/m0./s1. The summed E-state index contributed by atoms with van der Waals surface area (Å²) in [5.74, 6) is -0.0802. The van der Waals surface area contributed by atoms with Crippen molar-refractivity contribution in [3.8, 4) is 11.3 Å². The molecular formula is C24H29ClN4O3S. The predicted molar refractivity (Wildman–Crippen MR) is 135 cm³/mol. The zero-order valence-corrected chi connectivity index (χ0v) is 20.8. The number of rotatable bonds is 4. The highest BCUT2D eigenvalue weighted by Crippen LogP contribution is 2.29. The smallest absolute Gasteiger partial charge is 0.410 e. The van der Waals surface area contributed by atoms with Gasteiger partial charge >= 0.3 is 6.09 Å². The van der Waals surface area contributed by atoms with Crippen molar-refractivity contribution in [2.24, 2.45) is 7.05 Å². The average Bonchev–Trinajstić information content (AvgIpc) is 3.22. The van der Waals surface area contributed by atoms with Crippen LogP contribution in [-0.2, 0) is 11.8 Å². The number of benzene rings is 1. The van der Waals surface area contributed by atoms with E-state index in [1.54, 1.807) is 21.9 Å². The lowest BCUT2D eigenvalue weighted by molar-refractivity contribution is 0.0412. The van der Waals surface area contributed by atoms with Crippen molar-refractivity contribution >= 4 is 48.0 Å². The number of nitrogens with zero attached hydrogens (tertiary/aromatic N) is 4. The number of fused-ring (bicyclic) bond motifs is 1. The summed E-state index contributed by atoms with van der Waals surface area (Å²) < 4.78 is 7.20. The van der Waals surface area contributed by atoms with Crippen LogP contribution in [0.25, 0.3) is 22.2 Å². The molecule has 1 aliphatic rings. The van der Waals surface area contributed by atoms with E-state index in [-0.39, 0.29) is 31.5 Å². The Kier molecular flexibility index (Phi) is 7.92. The van der Waals surface area contributed by atoms with Gasteiger partial charge in [0.2, 0.25) is 0 Å². The first-order valence-corrected chi connectivity index (χ1v) is 11.2. The summed E-state index contributed by atoms with van der Waals surface area (Å²) in [7, 11) is 1.95. The first-order valence-electron chi connectivity index (χ1n) is 10.8. The van der Waals surface area contributed by atoms with Crippen molar-refractivity contribution in [1.29, 1.82) is 0 Å². The van der Waals surface area contributed by atoms with Crippen molar-refractivity contribution in [2.45, 2.75) is 26.3 Å². The Morgan fingerprint density at radius 2 is 2.00 bits per heavy atom. The largest absolute Gasteiger partial charge is 0.449 e. The molecular weight excluding hydrogens is 460 g/mol. The molecule has 0 radical (unpaired) electrons. The maximum atomic E-state index is 13.2. The molecule has 1 aliphatic heterocycles. The SMILES string of the molecule is CCCOC(=O)N1CCN(C(=O)c2ccc3c(Cl)cc(-c4ccn(C)c4)nc3c2)C[C@@H]1C.S. The van der Waals surface area contributed by atoms with Crippen molar-refractivity contribution in [3.05, 3.63) is 53.3 Å². The number of carbonyl (C=O) groups excluding carboxylic acids is 2. The summed E-state index contributed by atoms with van der Waals surface area (Å²) >= 11 is 6.51. The number of ether oxygens (including phenoxy) is 1. The van der Waals surface area contributed by atoms with Crippen LogP contribution in [0.3, 0.4) is 0 Å². The Morgan fingerprint density at radius 1 is 1.21 bits per heavy atom. The van der Waals surface area contributed by atoms with Crippen molar-refractivity contribution in [2.75, 3.05) is 26.2 Å². The van der Waals surface area contributed by atoms with Gasteiger partial charge in [-0.05, 0) is 37.6 Å². The molecule has 1 saturated heterocycles. The highest BCUT2D eigenvalue weighted by molar-refractivity contribution is 7.59. The van der Waals surface area contributed by atoms with Crippen molar-refractivity contribution in [3.63, 3.8) is 0 Å². The molecule has 1 fully saturated rings. The lowest BCUT2D eigenvalue weighted by Gasteiger charge is -2.39. The number of hydrogen-bond acceptors (Lipinski definition) is 4. The van der Waals surface area contributed by atoms with E-state index in [2.05, 4.69) is 0 Å². The van der Waals surface area contributed by atoms with Crippen LogP contribution in [0.1, 0.15) is 30.6 Å². The number of carbonyl (C=O) groups is 2. The highest BCUT2D eigenvalue weighted by Gasteiger charge is 2.31. The number of pyridine rings is 1. The number of aryl methyl sites for hydroxylation is 1. The summed E-state index contributed by atoms with van der Waals surface area (Å²) in [5.41, 5.74) is 2.96. The van der Waals surface area contributed by atoms with Gasteiger partial charge in [-0.2, -0.15) is 13.5 Å². The third kappa shape index (κ3) is 5.28. The van der Waals surface area contributed by atoms with Crippen LogP contribution < -0.4 is 0 Å². The Bertz CT molecular complexity index is 1170. The van der Waals surface area contributed by atoms with E-state index in [4.69, 9.17) is 21.3 Å². The molecule has 9 heteroatoms. The molecule has 1 atom stereocenters. The molecule has 0 bridgehead atoms. The summed E-state index contributed by atoms with van der Waals surface area (Å²) in [6.45, 7) is 5.66. The van der Waals surface area contributed by atoms with Crippen LogP contribution in [0.5, 0.6) is 0 Å². The molecule has 176 valence electrons. The van der Waals surface area contributed by atoms with Crippen LogP contribution in [0.15, 0.2) is 42.7 Å². The van der Waals surface area contributed by atoms with E-state index in [0.29, 0.717) is 42.3 Å². The maximum Gasteiger partial charge on any atom is 0.410 e. The molecule has 0 N–H and O–H groups in total. The molecule has 0 unspecified atom stereocenters. The molecule has 1 aromatic carbocycles. The van der Waals surface area contributed by atoms with Crippen LogP contribution in [-0.4, -0.2) is 63.6 Å². The molecule has 3 heterocycles. The van der Waals surface area contributed by atoms with Gasteiger partial charge < -0.3 is 19.1 Å². The van der Waals surface area contributed by atoms with Gasteiger partial charge in [-0.3, -0.25) is 4.79 Å². The Labute approximate surface area is 205 Å². The quantitative estimate of drug-likeness (QED) is 0.534. The van der Waals surface area contributed by atoms with E-state index in [1.165, 1.54) is 0 Å². The number of halogens is 1. The van der Waals surface area contributed by atoms with Crippen molar-refractivity contribution < 1.29 is 14.3 Å². The molecule has 2 aromatic heterocycles. The second kappa shape index (κ2) is 10.5. The van der Waals surface area contributed by atoms with Gasteiger partial charge in [0.15, 0.2) is 0 Å². The molecule has 2 amide bonds. The van der Waals surface area contributed by atoms with Gasteiger partial charge in [0.1, 0.15) is 0 Å². The maximum absolute atomic E-state index is 13.2. The monoisotopic (exact) mass is 488 g/mol. The fourth-order valence-corrected chi connectivity index (χ4v) is 4.25. The summed E-state index contributed by atoms with van der Waals surface area (Å²) in [6.07, 6.45) is 4.40. The second-order valence-electron chi connectivity index (χ2n) is 8.19. The zero-order valence-electron chi connectivity index (χ0n) is 19.0. The van der Waals surface area contributed by atoms with E-state index >= 15 is 0 Å². The van der Waals surface area contributed by atoms with Gasteiger partial charge in [-0.25, -0.2) is 9.78 Å². The molecule has 0 spiro atoms. The van der Waals surface area contributed by atoms with Gasteiger partial charge in [-0.15, -0.1) is 0 Å². The number of hydrogen-bond donors (Lipinski definition) is 0. The lowest BCUT2D eigenvalue weighted by atomic mass is 10.1. The van der Waals surface area contributed by atoms with Crippen molar-refractivity contribution in [1.82, 2.24) is 19.4 Å². The Hall–Kier alpha value is -2.71. The lowest BCUT2D eigenvalue weighted by Crippen LogP contribution is -2.55. The third-order valence-electron chi connectivity index (χ3n) is 5.71. The number of aromatic nitrogens is 2. The number of piperazine rings is 1. The van der Waals surface area contributed by atoms with Gasteiger partial charge in [0, 0.05) is 61.6 Å². The fraction of sp³-hybridized carbons (Fsp3) is 0.375. The van der Waals surface area contributed by atoms with Crippen LogP contribution in [0, 0.1) is 0 Å². The number of amides is 2. The third-order valence-corrected chi connectivity index (χ3v) is 6.03. The molecule has 33 heavy (non-hydrogen) atoms. The molecule has 0 aliphatic carbocycles.